The van der Waals surface area contributed by atoms with Crippen LogP contribution in [0.5, 0.6) is 0 Å². The van der Waals surface area contributed by atoms with E-state index in [1.807, 2.05) is 0 Å². The number of rotatable bonds is 12. The second kappa shape index (κ2) is 12.6. The van der Waals surface area contributed by atoms with Crippen LogP contribution in [-0.2, 0) is 14.3 Å². The van der Waals surface area contributed by atoms with Crippen LogP contribution in [0.15, 0.2) is 18.2 Å². The van der Waals surface area contributed by atoms with Gasteiger partial charge in [-0.15, -0.1) is 11.3 Å². The predicted molar refractivity (Wildman–Crippen MR) is 141 cm³/mol. The van der Waals surface area contributed by atoms with Crippen molar-refractivity contribution in [2.45, 2.75) is 59.5 Å². The molecule has 1 N–H and O–H groups in total. The van der Waals surface area contributed by atoms with Gasteiger partial charge in [0.1, 0.15) is 15.4 Å². The first-order valence-corrected chi connectivity index (χ1v) is 13.2. The molecule has 0 spiro atoms. The van der Waals surface area contributed by atoms with E-state index in [1.54, 1.807) is 27.7 Å². The zero-order valence-corrected chi connectivity index (χ0v) is 22.8. The van der Waals surface area contributed by atoms with Gasteiger partial charge in [-0.3, -0.25) is 29.4 Å². The van der Waals surface area contributed by atoms with Crippen molar-refractivity contribution >= 4 is 51.7 Å². The van der Waals surface area contributed by atoms with Gasteiger partial charge in [-0.2, -0.15) is 0 Å². The van der Waals surface area contributed by atoms with E-state index in [1.165, 1.54) is 18.2 Å². The molecule has 3 rings (SSSR count). The summed E-state index contributed by atoms with van der Waals surface area (Å²) in [7, 11) is 0. The number of anilines is 1. The first-order chi connectivity index (χ1) is 18.5. The van der Waals surface area contributed by atoms with Crippen LogP contribution in [0.3, 0.4) is 0 Å². The van der Waals surface area contributed by atoms with Crippen molar-refractivity contribution in [3.8, 4) is 0 Å². The smallest absolute Gasteiger partial charge is 0.348 e. The molecule has 0 unspecified atom stereocenters. The highest BCUT2D eigenvalue weighted by atomic mass is 32.1. The number of fused-ring (bicyclic) bond motifs is 1. The van der Waals surface area contributed by atoms with Crippen molar-refractivity contribution in [1.29, 1.82) is 0 Å². The number of carbonyl (C=O) groups excluding carboxylic acids is 5. The van der Waals surface area contributed by atoms with E-state index in [0.29, 0.717) is 24.8 Å². The molecule has 3 amide bonds. The quantitative estimate of drug-likeness (QED) is 0.130. The molecule has 12 nitrogen and oxygen atoms in total. The van der Waals surface area contributed by atoms with E-state index in [4.69, 9.17) is 9.47 Å². The van der Waals surface area contributed by atoms with Gasteiger partial charge in [-0.1, -0.05) is 12.5 Å². The van der Waals surface area contributed by atoms with Crippen molar-refractivity contribution in [2.24, 2.45) is 0 Å². The third-order valence-corrected chi connectivity index (χ3v) is 7.05. The summed E-state index contributed by atoms with van der Waals surface area (Å²) in [4.78, 5) is 74.6. The maximum atomic E-state index is 12.6. The lowest BCUT2D eigenvalue weighted by molar-refractivity contribution is -0.385. The predicted octanol–water partition coefficient (Wildman–Crippen LogP) is 4.50. The fourth-order valence-corrected chi connectivity index (χ4v) is 5.20. The average Bonchev–Trinajstić information content (AvgIpc) is 3.32. The van der Waals surface area contributed by atoms with E-state index in [-0.39, 0.29) is 58.2 Å². The van der Waals surface area contributed by atoms with E-state index in [9.17, 15) is 34.1 Å². The number of nitrogens with one attached hydrogen (secondary N) is 1. The molecule has 0 atom stereocenters. The normalized spacial score (nSPS) is 12.5. The van der Waals surface area contributed by atoms with Crippen LogP contribution >= 0.6 is 11.3 Å². The number of thiophene rings is 1. The number of nitro benzene ring substituents is 1. The third-order valence-electron chi connectivity index (χ3n) is 5.87. The molecule has 2 heterocycles. The molecule has 0 bridgehead atoms. The minimum absolute atomic E-state index is 0.00821. The summed E-state index contributed by atoms with van der Waals surface area (Å²) < 4.78 is 10.3. The molecule has 1 aromatic heterocycles. The molecule has 0 aliphatic carbocycles. The summed E-state index contributed by atoms with van der Waals surface area (Å²) in [6, 6.07) is 3.94. The molecule has 208 valence electrons. The summed E-state index contributed by atoms with van der Waals surface area (Å²) in [5, 5.41) is 14.1. The Balaban J connectivity index is 1.57. The Bertz CT molecular complexity index is 1330. The first kappa shape index (κ1) is 29.4. The van der Waals surface area contributed by atoms with Gasteiger partial charge in [-0.25, -0.2) is 9.59 Å². The Morgan fingerprint density at radius 3 is 2.46 bits per heavy atom. The second-order valence-electron chi connectivity index (χ2n) is 9.01. The lowest BCUT2D eigenvalue weighted by atomic mass is 10.1. The third kappa shape index (κ3) is 6.48. The van der Waals surface area contributed by atoms with E-state index < -0.39 is 34.4 Å². The van der Waals surface area contributed by atoms with Crippen molar-refractivity contribution in [1.82, 2.24) is 4.90 Å². The molecule has 0 saturated carbocycles. The maximum Gasteiger partial charge on any atom is 0.348 e. The highest BCUT2D eigenvalue weighted by Crippen LogP contribution is 2.35. The van der Waals surface area contributed by atoms with Gasteiger partial charge in [-0.05, 0) is 52.2 Å². The minimum atomic E-state index is -0.702. The Labute approximate surface area is 228 Å². The van der Waals surface area contributed by atoms with Gasteiger partial charge < -0.3 is 14.8 Å². The van der Waals surface area contributed by atoms with Gasteiger partial charge in [0.25, 0.3) is 17.5 Å². The highest BCUT2D eigenvalue weighted by Gasteiger charge is 2.40. The van der Waals surface area contributed by atoms with Crippen molar-refractivity contribution in [2.75, 3.05) is 18.5 Å². The summed E-state index contributed by atoms with van der Waals surface area (Å²) in [5.74, 6) is -2.93. The van der Waals surface area contributed by atoms with Gasteiger partial charge in [0, 0.05) is 19.0 Å². The number of esters is 2. The van der Waals surface area contributed by atoms with Gasteiger partial charge in [0.15, 0.2) is 0 Å². The van der Waals surface area contributed by atoms with E-state index in [0.717, 1.165) is 16.2 Å². The number of imide groups is 1. The molecule has 2 aromatic rings. The molecule has 1 aromatic carbocycles. The minimum Gasteiger partial charge on any atom is -0.462 e. The van der Waals surface area contributed by atoms with Gasteiger partial charge in [0.05, 0.1) is 28.8 Å². The van der Waals surface area contributed by atoms with Gasteiger partial charge in [0.2, 0.25) is 5.91 Å². The molecule has 0 fully saturated rings. The number of nitro groups is 1. The van der Waals surface area contributed by atoms with E-state index in [2.05, 4.69) is 5.32 Å². The zero-order chi connectivity index (χ0) is 28.9. The molecule has 0 saturated heterocycles. The topological polar surface area (TPSA) is 162 Å². The number of benzene rings is 1. The molecule has 39 heavy (non-hydrogen) atoms. The Hall–Kier alpha value is -4.13. The molecular weight excluding hydrogens is 530 g/mol. The van der Waals surface area contributed by atoms with Crippen LogP contribution in [-0.4, -0.2) is 58.7 Å². The molecule has 13 heteroatoms. The van der Waals surface area contributed by atoms with Crippen LogP contribution < -0.4 is 5.32 Å². The van der Waals surface area contributed by atoms with Crippen LogP contribution in [0.1, 0.15) is 92.8 Å². The summed E-state index contributed by atoms with van der Waals surface area (Å²) in [5.41, 5.74) is -0.135. The molecular formula is C26H29N3O9S. The number of ether oxygens (including phenoxy) is 2. The number of hydrogen-bond donors (Lipinski definition) is 1. The van der Waals surface area contributed by atoms with Crippen molar-refractivity contribution in [3.63, 3.8) is 0 Å². The van der Waals surface area contributed by atoms with Gasteiger partial charge >= 0.3 is 11.9 Å². The lowest BCUT2D eigenvalue weighted by Gasteiger charge is -2.13. The van der Waals surface area contributed by atoms with Crippen LogP contribution in [0.4, 0.5) is 10.7 Å². The Morgan fingerprint density at radius 2 is 1.82 bits per heavy atom. The molecule has 1 aliphatic heterocycles. The second-order valence-corrected chi connectivity index (χ2v) is 10.0. The van der Waals surface area contributed by atoms with Crippen molar-refractivity contribution < 1.29 is 38.4 Å². The highest BCUT2D eigenvalue weighted by molar-refractivity contribution is 7.18. The standard InChI is InChI=1S/C26H29N3O9S/c1-5-37-25(33)19-15(4)21(26(34)38-14(2)3)39-22(19)27-18(30)12-7-6-8-13-28-23(31)16-10-9-11-17(29(35)36)20(16)24(28)32/h9-11,14H,5-8,12-13H2,1-4H3,(H,27,30). The Morgan fingerprint density at radius 1 is 1.10 bits per heavy atom. The summed E-state index contributed by atoms with van der Waals surface area (Å²) >= 11 is 0.940. The first-order valence-electron chi connectivity index (χ1n) is 12.4. The maximum absolute atomic E-state index is 12.6. The van der Waals surface area contributed by atoms with Crippen LogP contribution in [0.25, 0.3) is 0 Å². The summed E-state index contributed by atoms with van der Waals surface area (Å²) in [6.45, 7) is 6.82. The monoisotopic (exact) mass is 559 g/mol. The number of hydrogen-bond acceptors (Lipinski definition) is 10. The van der Waals surface area contributed by atoms with Crippen molar-refractivity contribution in [3.05, 3.63) is 55.4 Å². The van der Waals surface area contributed by atoms with Crippen LogP contribution in [0, 0.1) is 17.0 Å². The fourth-order valence-electron chi connectivity index (χ4n) is 4.11. The molecule has 1 aliphatic rings. The number of carbonyl (C=O) groups is 5. The largest absolute Gasteiger partial charge is 0.462 e. The van der Waals surface area contributed by atoms with E-state index >= 15 is 0 Å². The zero-order valence-electron chi connectivity index (χ0n) is 22.0. The summed E-state index contributed by atoms with van der Waals surface area (Å²) in [6.07, 6.45) is 1.01. The number of amides is 3. The fraction of sp³-hybridized carbons (Fsp3) is 0.423. The lowest BCUT2D eigenvalue weighted by Crippen LogP contribution is -2.30. The number of unbranched alkanes of at least 4 members (excludes halogenated alkanes) is 2. The SMILES string of the molecule is CCOC(=O)c1c(NC(=O)CCCCCN2C(=O)c3cccc([N+](=O)[O-])c3C2=O)sc(C(=O)OC(C)C)c1C. The average molecular weight is 560 g/mol. The molecule has 0 radical (unpaired) electrons. The Kier molecular flexibility index (Phi) is 9.51. The number of nitrogens with zero attached hydrogens (tertiary/aromatic N) is 2. The van der Waals surface area contributed by atoms with Crippen LogP contribution in [0.2, 0.25) is 0 Å².